The highest BCUT2D eigenvalue weighted by Gasteiger charge is 2.22. The van der Waals surface area contributed by atoms with Gasteiger partial charge in [0, 0.05) is 12.6 Å². The molecule has 0 aliphatic carbocycles. The van der Waals surface area contributed by atoms with E-state index in [0.717, 1.165) is 6.54 Å². The number of rotatable bonds is 0. The van der Waals surface area contributed by atoms with Crippen molar-refractivity contribution in [2.45, 2.75) is 52.1 Å². The third-order valence-electron chi connectivity index (χ3n) is 3.23. The molecule has 0 fully saturated rings. The molecule has 0 saturated carbocycles. The lowest BCUT2D eigenvalue weighted by molar-refractivity contribution is 0.496. The van der Waals surface area contributed by atoms with Crippen molar-refractivity contribution in [1.29, 1.82) is 0 Å². The fourth-order valence-corrected chi connectivity index (χ4v) is 2.42. The van der Waals surface area contributed by atoms with Gasteiger partial charge >= 0.3 is 0 Å². The maximum absolute atomic E-state index is 3.55. The Morgan fingerprint density at radius 1 is 1.27 bits per heavy atom. The number of nitrogens with one attached hydrogen (secondary N) is 1. The van der Waals surface area contributed by atoms with Gasteiger partial charge in [0.1, 0.15) is 0 Å². The lowest BCUT2D eigenvalue weighted by Gasteiger charge is -2.30. The minimum atomic E-state index is 0.258. The summed E-state index contributed by atoms with van der Waals surface area (Å²) in [5.41, 5.74) is 4.82. The van der Waals surface area contributed by atoms with E-state index in [-0.39, 0.29) is 5.41 Å². The van der Waals surface area contributed by atoms with E-state index in [1.54, 1.807) is 0 Å². The standard InChI is InChI=1S/C14H21N/c1-10-8-11-6-5-7-13(14(2,3)4)12(11)9-15-10/h5-7,10,15H,8-9H2,1-4H3/t10-/m1/s1. The molecule has 1 N–H and O–H groups in total. The molecule has 1 aliphatic rings. The topological polar surface area (TPSA) is 12.0 Å². The van der Waals surface area contributed by atoms with Gasteiger partial charge in [0.05, 0.1) is 0 Å². The van der Waals surface area contributed by atoms with Gasteiger partial charge in [-0.25, -0.2) is 0 Å². The van der Waals surface area contributed by atoms with Gasteiger partial charge in [-0.1, -0.05) is 39.0 Å². The lowest BCUT2D eigenvalue weighted by Crippen LogP contribution is -2.34. The molecular weight excluding hydrogens is 182 g/mol. The molecule has 0 spiro atoms. The van der Waals surface area contributed by atoms with Crippen LogP contribution in [0.1, 0.15) is 44.4 Å². The molecule has 1 aliphatic heterocycles. The predicted molar refractivity (Wildman–Crippen MR) is 65.1 cm³/mol. The van der Waals surface area contributed by atoms with Crippen LogP contribution in [0.5, 0.6) is 0 Å². The highest BCUT2D eigenvalue weighted by Crippen LogP contribution is 2.30. The van der Waals surface area contributed by atoms with Gasteiger partial charge in [0.2, 0.25) is 0 Å². The molecule has 0 unspecified atom stereocenters. The van der Waals surface area contributed by atoms with Crippen LogP contribution >= 0.6 is 0 Å². The molecular formula is C14H21N. The van der Waals surface area contributed by atoms with E-state index >= 15 is 0 Å². The normalized spacial score (nSPS) is 21.2. The molecule has 0 aromatic heterocycles. The van der Waals surface area contributed by atoms with Gasteiger partial charge in [0.15, 0.2) is 0 Å². The minimum absolute atomic E-state index is 0.258. The summed E-state index contributed by atoms with van der Waals surface area (Å²) in [6.45, 7) is 10.2. The Kier molecular flexibility index (Phi) is 2.59. The van der Waals surface area contributed by atoms with Crippen molar-refractivity contribution in [2.24, 2.45) is 0 Å². The van der Waals surface area contributed by atoms with Gasteiger partial charge in [-0.3, -0.25) is 0 Å². The molecule has 82 valence electrons. The van der Waals surface area contributed by atoms with Crippen molar-refractivity contribution in [3.05, 3.63) is 34.9 Å². The van der Waals surface area contributed by atoms with E-state index in [4.69, 9.17) is 0 Å². The Morgan fingerprint density at radius 3 is 2.67 bits per heavy atom. The SMILES string of the molecule is C[C@@H]1Cc2cccc(C(C)(C)C)c2CN1. The van der Waals surface area contributed by atoms with Crippen LogP contribution in [0.15, 0.2) is 18.2 Å². The Labute approximate surface area is 92.9 Å². The molecule has 1 aromatic carbocycles. The summed E-state index contributed by atoms with van der Waals surface area (Å²) in [5.74, 6) is 0. The van der Waals surface area contributed by atoms with Crippen LogP contribution in [0.4, 0.5) is 0 Å². The van der Waals surface area contributed by atoms with E-state index in [0.29, 0.717) is 6.04 Å². The van der Waals surface area contributed by atoms with Crippen molar-refractivity contribution in [3.63, 3.8) is 0 Å². The zero-order chi connectivity index (χ0) is 11.1. The van der Waals surface area contributed by atoms with Crippen LogP contribution in [0.3, 0.4) is 0 Å². The summed E-state index contributed by atoms with van der Waals surface area (Å²) in [6, 6.07) is 7.38. The van der Waals surface area contributed by atoms with Gasteiger partial charge in [-0.05, 0) is 35.4 Å². The molecule has 15 heavy (non-hydrogen) atoms. The van der Waals surface area contributed by atoms with Crippen LogP contribution in [0, 0.1) is 0 Å². The van der Waals surface area contributed by atoms with Crippen molar-refractivity contribution < 1.29 is 0 Å². The first-order chi connectivity index (χ1) is 6.98. The first kappa shape index (κ1) is 10.7. The summed E-state index contributed by atoms with van der Waals surface area (Å²) in [6.07, 6.45) is 1.17. The number of fused-ring (bicyclic) bond motifs is 1. The Hall–Kier alpha value is -0.820. The smallest absolute Gasteiger partial charge is 0.0213 e. The summed E-state index contributed by atoms with van der Waals surface area (Å²) in [7, 11) is 0. The third-order valence-corrected chi connectivity index (χ3v) is 3.23. The molecule has 0 bridgehead atoms. The number of hydrogen-bond donors (Lipinski definition) is 1. The van der Waals surface area contributed by atoms with Crippen molar-refractivity contribution in [2.75, 3.05) is 0 Å². The molecule has 1 heterocycles. The first-order valence-electron chi connectivity index (χ1n) is 5.83. The van der Waals surface area contributed by atoms with E-state index in [2.05, 4.69) is 51.2 Å². The summed E-state index contributed by atoms with van der Waals surface area (Å²) < 4.78 is 0. The Morgan fingerprint density at radius 2 is 2.00 bits per heavy atom. The second-order valence-corrected chi connectivity index (χ2v) is 5.68. The Balaban J connectivity index is 2.47. The monoisotopic (exact) mass is 203 g/mol. The second-order valence-electron chi connectivity index (χ2n) is 5.68. The molecule has 1 nitrogen and oxygen atoms in total. The second kappa shape index (κ2) is 3.64. The molecule has 0 radical (unpaired) electrons. The average molecular weight is 203 g/mol. The molecule has 1 atom stereocenters. The van der Waals surface area contributed by atoms with Crippen LogP contribution in [-0.4, -0.2) is 6.04 Å². The summed E-state index contributed by atoms with van der Waals surface area (Å²) >= 11 is 0. The van der Waals surface area contributed by atoms with Crippen LogP contribution in [-0.2, 0) is 18.4 Å². The molecule has 2 rings (SSSR count). The van der Waals surface area contributed by atoms with Crippen molar-refractivity contribution in [1.82, 2.24) is 5.32 Å². The average Bonchev–Trinajstić information content (AvgIpc) is 2.15. The van der Waals surface area contributed by atoms with Gasteiger partial charge in [-0.2, -0.15) is 0 Å². The van der Waals surface area contributed by atoms with Gasteiger partial charge in [0.25, 0.3) is 0 Å². The van der Waals surface area contributed by atoms with E-state index < -0.39 is 0 Å². The quantitative estimate of drug-likeness (QED) is 0.683. The highest BCUT2D eigenvalue weighted by atomic mass is 14.9. The van der Waals surface area contributed by atoms with Crippen molar-refractivity contribution >= 4 is 0 Å². The number of benzene rings is 1. The van der Waals surface area contributed by atoms with E-state index in [9.17, 15) is 0 Å². The van der Waals surface area contributed by atoms with E-state index in [1.165, 1.54) is 23.1 Å². The maximum atomic E-state index is 3.55. The minimum Gasteiger partial charge on any atom is -0.310 e. The molecule has 0 saturated heterocycles. The largest absolute Gasteiger partial charge is 0.310 e. The predicted octanol–water partition coefficient (Wildman–Crippen LogP) is 3.02. The van der Waals surface area contributed by atoms with Crippen LogP contribution < -0.4 is 5.32 Å². The zero-order valence-corrected chi connectivity index (χ0v) is 10.2. The fraction of sp³-hybridized carbons (Fsp3) is 0.571. The molecule has 1 heteroatoms. The fourth-order valence-electron chi connectivity index (χ4n) is 2.42. The highest BCUT2D eigenvalue weighted by molar-refractivity contribution is 5.40. The van der Waals surface area contributed by atoms with Gasteiger partial charge in [-0.15, -0.1) is 0 Å². The maximum Gasteiger partial charge on any atom is 0.0213 e. The van der Waals surface area contributed by atoms with Crippen LogP contribution in [0.25, 0.3) is 0 Å². The molecule has 1 aromatic rings. The zero-order valence-electron chi connectivity index (χ0n) is 10.2. The van der Waals surface area contributed by atoms with Crippen LogP contribution in [0.2, 0.25) is 0 Å². The van der Waals surface area contributed by atoms with Gasteiger partial charge < -0.3 is 5.32 Å². The Bertz CT molecular complexity index is 360. The summed E-state index contributed by atoms with van der Waals surface area (Å²) in [5, 5.41) is 3.55. The van der Waals surface area contributed by atoms with Crippen molar-refractivity contribution in [3.8, 4) is 0 Å². The number of hydrogen-bond acceptors (Lipinski definition) is 1. The molecule has 0 amide bonds. The first-order valence-corrected chi connectivity index (χ1v) is 5.83. The summed E-state index contributed by atoms with van der Waals surface area (Å²) in [4.78, 5) is 0. The lowest BCUT2D eigenvalue weighted by atomic mass is 9.80. The third kappa shape index (κ3) is 2.07. The van der Waals surface area contributed by atoms with E-state index in [1.807, 2.05) is 0 Å².